The van der Waals surface area contributed by atoms with Gasteiger partial charge in [-0.1, -0.05) is 0 Å². The molecular formula is C9H8FN3. The van der Waals surface area contributed by atoms with Gasteiger partial charge in [-0.3, -0.25) is 0 Å². The zero-order chi connectivity index (χ0) is 9.42. The molecule has 4 heteroatoms. The van der Waals surface area contributed by atoms with Gasteiger partial charge in [0.15, 0.2) is 5.65 Å². The van der Waals surface area contributed by atoms with Crippen LogP contribution in [0.1, 0.15) is 11.4 Å². The lowest BCUT2D eigenvalue weighted by molar-refractivity contribution is 0.635. The fraction of sp³-hybridized carbons (Fsp3) is 0.222. The molecule has 0 saturated carbocycles. The van der Waals surface area contributed by atoms with Crippen molar-refractivity contribution in [2.75, 3.05) is 0 Å². The van der Waals surface area contributed by atoms with E-state index in [9.17, 15) is 4.39 Å². The summed E-state index contributed by atoms with van der Waals surface area (Å²) in [5.41, 5.74) is 1.67. The quantitative estimate of drug-likeness (QED) is 0.615. The van der Waals surface area contributed by atoms with Crippen molar-refractivity contribution >= 4 is 11.0 Å². The van der Waals surface area contributed by atoms with Crippen LogP contribution in [0.2, 0.25) is 0 Å². The van der Waals surface area contributed by atoms with E-state index in [0.29, 0.717) is 22.4 Å². The first-order valence-electron chi connectivity index (χ1n) is 3.93. The van der Waals surface area contributed by atoms with E-state index in [1.165, 1.54) is 12.4 Å². The molecule has 0 aromatic carbocycles. The van der Waals surface area contributed by atoms with Crippen LogP contribution in [0.3, 0.4) is 0 Å². The third-order valence-corrected chi connectivity index (χ3v) is 1.87. The second kappa shape index (κ2) is 2.73. The minimum atomic E-state index is -0.305. The first-order valence-corrected chi connectivity index (χ1v) is 3.93. The molecule has 2 aromatic rings. The summed E-state index contributed by atoms with van der Waals surface area (Å²) in [4.78, 5) is 11.9. The minimum absolute atomic E-state index is 0.305. The highest BCUT2D eigenvalue weighted by molar-refractivity contribution is 5.77. The molecule has 0 spiro atoms. The van der Waals surface area contributed by atoms with Gasteiger partial charge in [0.25, 0.3) is 0 Å². The molecule has 0 fully saturated rings. The normalized spacial score (nSPS) is 10.7. The number of hydrogen-bond donors (Lipinski definition) is 0. The van der Waals surface area contributed by atoms with E-state index < -0.39 is 0 Å². The molecule has 0 aliphatic carbocycles. The van der Waals surface area contributed by atoms with Crippen LogP contribution in [0.4, 0.5) is 4.39 Å². The minimum Gasteiger partial charge on any atom is -0.241 e. The Morgan fingerprint density at radius 3 is 2.77 bits per heavy atom. The van der Waals surface area contributed by atoms with Gasteiger partial charge >= 0.3 is 0 Å². The van der Waals surface area contributed by atoms with Crippen LogP contribution >= 0.6 is 0 Å². The summed E-state index contributed by atoms with van der Waals surface area (Å²) in [5.74, 6) is -0.305. The number of hydrogen-bond acceptors (Lipinski definition) is 3. The topological polar surface area (TPSA) is 38.7 Å². The maximum atomic E-state index is 13.4. The summed E-state index contributed by atoms with van der Waals surface area (Å²) < 4.78 is 13.4. The standard InChI is InChI=1S/C9H8FN3/c1-5-3-7(10)8-6(2)11-4-12-9(8)13-5/h3-4H,1-2H3. The fourth-order valence-electron chi connectivity index (χ4n) is 1.28. The lowest BCUT2D eigenvalue weighted by Crippen LogP contribution is -1.95. The maximum absolute atomic E-state index is 13.4. The fourth-order valence-corrected chi connectivity index (χ4v) is 1.28. The van der Waals surface area contributed by atoms with Crippen LogP contribution in [0, 0.1) is 19.7 Å². The Morgan fingerprint density at radius 2 is 2.00 bits per heavy atom. The Kier molecular flexibility index (Phi) is 1.69. The van der Waals surface area contributed by atoms with E-state index in [1.807, 2.05) is 0 Å². The Hall–Kier alpha value is -1.58. The number of aromatic nitrogens is 3. The van der Waals surface area contributed by atoms with E-state index in [2.05, 4.69) is 15.0 Å². The lowest BCUT2D eigenvalue weighted by atomic mass is 10.2. The molecule has 2 aromatic heterocycles. The second-order valence-corrected chi connectivity index (χ2v) is 2.90. The molecule has 0 aliphatic rings. The van der Waals surface area contributed by atoms with E-state index >= 15 is 0 Å². The van der Waals surface area contributed by atoms with E-state index in [0.717, 1.165) is 0 Å². The molecule has 0 saturated heterocycles. The third-order valence-electron chi connectivity index (χ3n) is 1.87. The number of nitrogens with zero attached hydrogens (tertiary/aromatic N) is 3. The number of rotatable bonds is 0. The second-order valence-electron chi connectivity index (χ2n) is 2.90. The predicted octanol–water partition coefficient (Wildman–Crippen LogP) is 1.78. The number of pyridine rings is 1. The van der Waals surface area contributed by atoms with Gasteiger partial charge in [-0.25, -0.2) is 19.3 Å². The summed E-state index contributed by atoms with van der Waals surface area (Å²) in [6, 6.07) is 1.39. The van der Waals surface area contributed by atoms with Gasteiger partial charge in [0.05, 0.1) is 11.1 Å². The molecule has 3 nitrogen and oxygen atoms in total. The highest BCUT2D eigenvalue weighted by Crippen LogP contribution is 2.16. The van der Waals surface area contributed by atoms with Gasteiger partial charge in [0, 0.05) is 5.69 Å². The van der Waals surface area contributed by atoms with Gasteiger partial charge in [0.2, 0.25) is 0 Å². The Bertz CT molecular complexity index is 468. The SMILES string of the molecule is Cc1cc(F)c2c(C)ncnc2n1. The third kappa shape index (κ3) is 1.24. The van der Waals surface area contributed by atoms with Gasteiger partial charge in [-0.2, -0.15) is 0 Å². The monoisotopic (exact) mass is 177 g/mol. The van der Waals surface area contributed by atoms with Crippen molar-refractivity contribution in [2.45, 2.75) is 13.8 Å². The van der Waals surface area contributed by atoms with Crippen molar-refractivity contribution in [3.05, 3.63) is 29.6 Å². The van der Waals surface area contributed by atoms with Crippen molar-refractivity contribution in [1.82, 2.24) is 15.0 Å². The zero-order valence-electron chi connectivity index (χ0n) is 7.37. The Morgan fingerprint density at radius 1 is 1.23 bits per heavy atom. The van der Waals surface area contributed by atoms with E-state index in [-0.39, 0.29) is 5.82 Å². The molecule has 0 atom stereocenters. The average molecular weight is 177 g/mol. The van der Waals surface area contributed by atoms with Crippen LogP contribution in [0.15, 0.2) is 12.4 Å². The summed E-state index contributed by atoms with van der Waals surface area (Å²) in [6.07, 6.45) is 1.39. The van der Waals surface area contributed by atoms with Crippen LogP contribution < -0.4 is 0 Å². The van der Waals surface area contributed by atoms with Crippen molar-refractivity contribution in [1.29, 1.82) is 0 Å². The van der Waals surface area contributed by atoms with Gasteiger partial charge in [0.1, 0.15) is 12.1 Å². The predicted molar refractivity (Wildman–Crippen MR) is 46.8 cm³/mol. The molecule has 0 amide bonds. The highest BCUT2D eigenvalue weighted by atomic mass is 19.1. The molecule has 0 radical (unpaired) electrons. The van der Waals surface area contributed by atoms with Crippen molar-refractivity contribution < 1.29 is 4.39 Å². The Labute approximate surface area is 74.7 Å². The van der Waals surface area contributed by atoms with Crippen molar-refractivity contribution in [2.24, 2.45) is 0 Å². The first-order chi connectivity index (χ1) is 6.18. The molecule has 0 aliphatic heterocycles. The van der Waals surface area contributed by atoms with Crippen molar-refractivity contribution in [3.8, 4) is 0 Å². The molecule has 0 bridgehead atoms. The molecule has 2 heterocycles. The molecular weight excluding hydrogens is 169 g/mol. The molecule has 2 rings (SSSR count). The van der Waals surface area contributed by atoms with Crippen LogP contribution in [0.5, 0.6) is 0 Å². The average Bonchev–Trinajstić information content (AvgIpc) is 2.02. The first kappa shape index (κ1) is 8.04. The summed E-state index contributed by atoms with van der Waals surface area (Å²) in [5, 5.41) is 0.410. The summed E-state index contributed by atoms with van der Waals surface area (Å²) in [7, 11) is 0. The van der Waals surface area contributed by atoms with Crippen molar-refractivity contribution in [3.63, 3.8) is 0 Å². The largest absolute Gasteiger partial charge is 0.241 e. The van der Waals surface area contributed by atoms with Gasteiger partial charge in [-0.15, -0.1) is 0 Å². The molecule has 0 unspecified atom stereocenters. The number of fused-ring (bicyclic) bond motifs is 1. The van der Waals surface area contributed by atoms with E-state index in [1.54, 1.807) is 13.8 Å². The highest BCUT2D eigenvalue weighted by Gasteiger charge is 2.07. The number of aryl methyl sites for hydroxylation is 2. The molecule has 66 valence electrons. The molecule has 13 heavy (non-hydrogen) atoms. The Balaban J connectivity index is 2.94. The maximum Gasteiger partial charge on any atom is 0.165 e. The van der Waals surface area contributed by atoms with Gasteiger partial charge < -0.3 is 0 Å². The van der Waals surface area contributed by atoms with Crippen LogP contribution in [-0.4, -0.2) is 15.0 Å². The van der Waals surface area contributed by atoms with E-state index in [4.69, 9.17) is 0 Å². The molecule has 0 N–H and O–H groups in total. The van der Waals surface area contributed by atoms with Crippen LogP contribution in [0.25, 0.3) is 11.0 Å². The summed E-state index contributed by atoms with van der Waals surface area (Å²) in [6.45, 7) is 3.48. The van der Waals surface area contributed by atoms with Crippen LogP contribution in [-0.2, 0) is 0 Å². The lowest BCUT2D eigenvalue weighted by Gasteiger charge is -2.01. The smallest absolute Gasteiger partial charge is 0.165 e. The zero-order valence-corrected chi connectivity index (χ0v) is 7.37. The number of halogens is 1. The summed E-state index contributed by atoms with van der Waals surface area (Å²) >= 11 is 0. The van der Waals surface area contributed by atoms with Gasteiger partial charge in [-0.05, 0) is 19.9 Å².